The number of carbonyl (C=O) groups is 2. The fraction of sp³-hybridized carbons (Fsp3) is 0. The van der Waals surface area contributed by atoms with Crippen LogP contribution in [0.25, 0.3) is 0 Å². The number of rotatable bonds is 3. The summed E-state index contributed by atoms with van der Waals surface area (Å²) in [5, 5.41) is 6.08. The Morgan fingerprint density at radius 2 is 1.73 bits per heavy atom. The van der Waals surface area contributed by atoms with Gasteiger partial charge in [-0.3, -0.25) is 9.59 Å². The lowest BCUT2D eigenvalue weighted by Gasteiger charge is -2.05. The normalized spacial score (nSPS) is 10.5. The number of anilines is 1. The molecule has 2 aromatic rings. The lowest BCUT2D eigenvalue weighted by Crippen LogP contribution is -2.32. The van der Waals surface area contributed by atoms with Gasteiger partial charge in [0.05, 0.1) is 11.9 Å². The lowest BCUT2D eigenvalue weighted by molar-refractivity contribution is -0.136. The standard InChI is InChI=1S/C15H11BrFN3O2/c16-12-3-1-2-4-13(12)19-14(21)15(22)20-18-9-10-5-7-11(17)8-6-10/h1-9H,(H,19,21)(H,20,22)/b18-9-. The van der Waals surface area contributed by atoms with E-state index < -0.39 is 11.8 Å². The summed E-state index contributed by atoms with van der Waals surface area (Å²) in [6, 6.07) is 12.4. The highest BCUT2D eigenvalue weighted by atomic mass is 79.9. The summed E-state index contributed by atoms with van der Waals surface area (Å²) in [7, 11) is 0. The number of hydrogen-bond donors (Lipinski definition) is 2. The molecule has 0 radical (unpaired) electrons. The van der Waals surface area contributed by atoms with Gasteiger partial charge in [0.1, 0.15) is 5.82 Å². The molecule has 0 aromatic heterocycles. The van der Waals surface area contributed by atoms with Crippen LogP contribution in [0.1, 0.15) is 5.56 Å². The molecule has 5 nitrogen and oxygen atoms in total. The van der Waals surface area contributed by atoms with E-state index in [1.807, 2.05) is 0 Å². The van der Waals surface area contributed by atoms with Gasteiger partial charge in [0.2, 0.25) is 0 Å². The van der Waals surface area contributed by atoms with Crippen molar-refractivity contribution in [2.24, 2.45) is 5.10 Å². The molecule has 2 N–H and O–H groups in total. The van der Waals surface area contributed by atoms with Gasteiger partial charge in [-0.15, -0.1) is 0 Å². The Morgan fingerprint density at radius 1 is 1.05 bits per heavy atom. The van der Waals surface area contributed by atoms with E-state index in [0.29, 0.717) is 15.7 Å². The highest BCUT2D eigenvalue weighted by Gasteiger charge is 2.13. The van der Waals surface area contributed by atoms with E-state index in [-0.39, 0.29) is 5.82 Å². The largest absolute Gasteiger partial charge is 0.329 e. The average Bonchev–Trinajstić information content (AvgIpc) is 2.51. The summed E-state index contributed by atoms with van der Waals surface area (Å²) in [5.41, 5.74) is 3.16. The highest BCUT2D eigenvalue weighted by Crippen LogP contribution is 2.20. The van der Waals surface area contributed by atoms with Crippen LogP contribution in [0.15, 0.2) is 58.1 Å². The molecule has 0 saturated carbocycles. The summed E-state index contributed by atoms with van der Waals surface area (Å²) in [6.07, 6.45) is 1.31. The Balaban J connectivity index is 1.90. The molecule has 22 heavy (non-hydrogen) atoms. The van der Waals surface area contributed by atoms with Crippen molar-refractivity contribution < 1.29 is 14.0 Å². The summed E-state index contributed by atoms with van der Waals surface area (Å²) in [4.78, 5) is 23.3. The summed E-state index contributed by atoms with van der Waals surface area (Å²) in [6.45, 7) is 0. The molecular formula is C15H11BrFN3O2. The minimum Gasteiger partial charge on any atom is -0.317 e. The van der Waals surface area contributed by atoms with Gasteiger partial charge in [0, 0.05) is 4.47 Å². The first-order chi connectivity index (χ1) is 10.6. The van der Waals surface area contributed by atoms with Gasteiger partial charge in [-0.05, 0) is 45.8 Å². The predicted octanol–water partition coefficient (Wildman–Crippen LogP) is 2.68. The van der Waals surface area contributed by atoms with Crippen LogP contribution in [0.5, 0.6) is 0 Å². The lowest BCUT2D eigenvalue weighted by atomic mass is 10.2. The molecule has 0 atom stereocenters. The molecular weight excluding hydrogens is 353 g/mol. The number of nitrogens with zero attached hydrogens (tertiary/aromatic N) is 1. The highest BCUT2D eigenvalue weighted by molar-refractivity contribution is 9.10. The van der Waals surface area contributed by atoms with Crippen LogP contribution >= 0.6 is 15.9 Å². The maximum absolute atomic E-state index is 12.7. The molecule has 0 bridgehead atoms. The Kier molecular flexibility index (Phi) is 5.37. The smallest absolute Gasteiger partial charge is 0.317 e. The van der Waals surface area contributed by atoms with Crippen LogP contribution in [0.3, 0.4) is 0 Å². The van der Waals surface area contributed by atoms with Crippen molar-refractivity contribution in [2.45, 2.75) is 0 Å². The number of hydrazone groups is 1. The zero-order valence-corrected chi connectivity index (χ0v) is 12.8. The van der Waals surface area contributed by atoms with E-state index in [1.54, 1.807) is 24.3 Å². The maximum Gasteiger partial charge on any atom is 0.329 e. The SMILES string of the molecule is O=C(N/N=C\c1ccc(F)cc1)C(=O)Nc1ccccc1Br. The molecule has 0 fully saturated rings. The van der Waals surface area contributed by atoms with E-state index in [4.69, 9.17) is 0 Å². The van der Waals surface area contributed by atoms with Crippen molar-refractivity contribution in [2.75, 3.05) is 5.32 Å². The molecule has 0 aliphatic rings. The maximum atomic E-state index is 12.7. The number of hydrogen-bond acceptors (Lipinski definition) is 3. The quantitative estimate of drug-likeness (QED) is 0.500. The summed E-state index contributed by atoms with van der Waals surface area (Å²) < 4.78 is 13.4. The molecule has 0 aliphatic heterocycles. The fourth-order valence-corrected chi connectivity index (χ4v) is 1.89. The average molecular weight is 364 g/mol. The summed E-state index contributed by atoms with van der Waals surface area (Å²) >= 11 is 3.26. The number of carbonyl (C=O) groups excluding carboxylic acids is 2. The molecule has 0 aliphatic carbocycles. The van der Waals surface area contributed by atoms with Crippen molar-refractivity contribution in [1.29, 1.82) is 0 Å². The molecule has 7 heteroatoms. The van der Waals surface area contributed by atoms with Crippen molar-refractivity contribution in [3.8, 4) is 0 Å². The van der Waals surface area contributed by atoms with Crippen molar-refractivity contribution >= 4 is 39.6 Å². The van der Waals surface area contributed by atoms with Crippen LogP contribution in [0.2, 0.25) is 0 Å². The molecule has 112 valence electrons. The van der Waals surface area contributed by atoms with Gasteiger partial charge in [0.25, 0.3) is 0 Å². The zero-order valence-electron chi connectivity index (χ0n) is 11.2. The first kappa shape index (κ1) is 15.8. The van der Waals surface area contributed by atoms with Crippen LogP contribution in [-0.4, -0.2) is 18.0 Å². The van der Waals surface area contributed by atoms with E-state index in [2.05, 4.69) is 31.8 Å². The first-order valence-electron chi connectivity index (χ1n) is 6.21. The van der Waals surface area contributed by atoms with E-state index in [0.717, 1.165) is 0 Å². The third-order valence-corrected chi connectivity index (χ3v) is 3.27. The van der Waals surface area contributed by atoms with Crippen molar-refractivity contribution in [3.63, 3.8) is 0 Å². The van der Waals surface area contributed by atoms with E-state index >= 15 is 0 Å². The molecule has 2 rings (SSSR count). The van der Waals surface area contributed by atoms with Crippen molar-refractivity contribution in [3.05, 3.63) is 64.4 Å². The second kappa shape index (κ2) is 7.46. The first-order valence-corrected chi connectivity index (χ1v) is 7.00. The minimum absolute atomic E-state index is 0.367. The molecule has 0 unspecified atom stereocenters. The third kappa shape index (κ3) is 4.49. The molecule has 2 amide bonds. The second-order valence-corrected chi connectivity index (χ2v) is 5.04. The van der Waals surface area contributed by atoms with E-state index in [1.165, 1.54) is 30.5 Å². The van der Waals surface area contributed by atoms with Gasteiger partial charge in [-0.1, -0.05) is 24.3 Å². The van der Waals surface area contributed by atoms with Crippen LogP contribution in [-0.2, 0) is 9.59 Å². The molecule has 0 spiro atoms. The van der Waals surface area contributed by atoms with E-state index in [9.17, 15) is 14.0 Å². The molecule has 2 aromatic carbocycles. The minimum atomic E-state index is -0.908. The topological polar surface area (TPSA) is 70.6 Å². The second-order valence-electron chi connectivity index (χ2n) is 4.18. The zero-order chi connectivity index (χ0) is 15.9. The number of para-hydroxylation sites is 1. The summed E-state index contributed by atoms with van der Waals surface area (Å²) in [5.74, 6) is -2.12. The number of nitrogens with one attached hydrogen (secondary N) is 2. The van der Waals surface area contributed by atoms with Crippen LogP contribution in [0.4, 0.5) is 10.1 Å². The van der Waals surface area contributed by atoms with Gasteiger partial charge >= 0.3 is 11.8 Å². The Morgan fingerprint density at radius 3 is 2.41 bits per heavy atom. The van der Waals surface area contributed by atoms with Crippen LogP contribution < -0.4 is 10.7 Å². The third-order valence-electron chi connectivity index (χ3n) is 2.58. The van der Waals surface area contributed by atoms with Gasteiger partial charge in [-0.2, -0.15) is 5.10 Å². The van der Waals surface area contributed by atoms with Crippen LogP contribution in [0, 0.1) is 5.82 Å². The Labute approximate surface area is 134 Å². The van der Waals surface area contributed by atoms with Crippen molar-refractivity contribution in [1.82, 2.24) is 5.43 Å². The molecule has 0 heterocycles. The van der Waals surface area contributed by atoms with Gasteiger partial charge in [-0.25, -0.2) is 9.82 Å². The molecule has 0 saturated heterocycles. The monoisotopic (exact) mass is 363 g/mol. The number of benzene rings is 2. The van der Waals surface area contributed by atoms with Gasteiger partial charge < -0.3 is 5.32 Å². The Bertz CT molecular complexity index is 717. The number of amides is 2. The predicted molar refractivity (Wildman–Crippen MR) is 84.9 cm³/mol. The fourth-order valence-electron chi connectivity index (χ4n) is 1.51. The number of halogens is 2. The van der Waals surface area contributed by atoms with Gasteiger partial charge in [0.15, 0.2) is 0 Å². The Hall–Kier alpha value is -2.54.